The lowest BCUT2D eigenvalue weighted by Crippen LogP contribution is -2.01. The minimum atomic E-state index is 0.413. The first-order valence-electron chi connectivity index (χ1n) is 7.77. The molecule has 7 nitrogen and oxygen atoms in total. The van der Waals surface area contributed by atoms with Crippen LogP contribution in [0.5, 0.6) is 5.88 Å². The van der Waals surface area contributed by atoms with E-state index in [-0.39, 0.29) is 0 Å². The number of nitrogens with one attached hydrogen (secondary N) is 2. The molecule has 25 heavy (non-hydrogen) atoms. The Morgan fingerprint density at radius 1 is 1.12 bits per heavy atom. The molecule has 0 aliphatic carbocycles. The van der Waals surface area contributed by atoms with Gasteiger partial charge in [0.1, 0.15) is 0 Å². The summed E-state index contributed by atoms with van der Waals surface area (Å²) in [7, 11) is 1.57. The third kappa shape index (κ3) is 2.87. The van der Waals surface area contributed by atoms with Gasteiger partial charge in [0.05, 0.1) is 36.4 Å². The van der Waals surface area contributed by atoms with E-state index in [4.69, 9.17) is 4.74 Å². The van der Waals surface area contributed by atoms with Crippen molar-refractivity contribution in [3.63, 3.8) is 0 Å². The zero-order valence-corrected chi connectivity index (χ0v) is 13.8. The Morgan fingerprint density at radius 3 is 2.84 bits per heavy atom. The Balaban J connectivity index is 1.74. The SMILES string of the molecule is COc1nc(-c2cn[nH]c2)cnc1Nc1ccnc2cc(C)ccc12. The van der Waals surface area contributed by atoms with Crippen LogP contribution in [-0.4, -0.2) is 32.3 Å². The predicted octanol–water partition coefficient (Wildman–Crippen LogP) is 3.48. The smallest absolute Gasteiger partial charge is 0.258 e. The molecule has 0 amide bonds. The van der Waals surface area contributed by atoms with Gasteiger partial charge in [-0.2, -0.15) is 5.10 Å². The van der Waals surface area contributed by atoms with Crippen LogP contribution in [0.4, 0.5) is 11.5 Å². The number of aromatic nitrogens is 5. The normalized spacial score (nSPS) is 10.8. The molecular formula is C18H16N6O. The summed E-state index contributed by atoms with van der Waals surface area (Å²) in [5.74, 6) is 0.957. The van der Waals surface area contributed by atoms with Crippen molar-refractivity contribution in [3.8, 4) is 17.1 Å². The fourth-order valence-corrected chi connectivity index (χ4v) is 2.62. The molecular weight excluding hydrogens is 316 g/mol. The molecule has 3 heterocycles. The number of hydrogen-bond acceptors (Lipinski definition) is 6. The van der Waals surface area contributed by atoms with Crippen LogP contribution in [-0.2, 0) is 0 Å². The van der Waals surface area contributed by atoms with Crippen molar-refractivity contribution in [3.05, 3.63) is 54.6 Å². The van der Waals surface area contributed by atoms with Crippen LogP contribution in [0.25, 0.3) is 22.2 Å². The van der Waals surface area contributed by atoms with Crippen molar-refractivity contribution in [1.82, 2.24) is 25.1 Å². The van der Waals surface area contributed by atoms with Crippen LogP contribution in [0.3, 0.4) is 0 Å². The van der Waals surface area contributed by atoms with Gasteiger partial charge >= 0.3 is 0 Å². The summed E-state index contributed by atoms with van der Waals surface area (Å²) in [6.07, 6.45) is 6.90. The molecule has 0 saturated carbocycles. The van der Waals surface area contributed by atoms with Crippen LogP contribution >= 0.6 is 0 Å². The van der Waals surface area contributed by atoms with Crippen molar-refractivity contribution < 1.29 is 4.74 Å². The van der Waals surface area contributed by atoms with E-state index in [1.807, 2.05) is 25.1 Å². The van der Waals surface area contributed by atoms with E-state index >= 15 is 0 Å². The number of pyridine rings is 1. The molecule has 0 radical (unpaired) electrons. The van der Waals surface area contributed by atoms with Crippen molar-refractivity contribution >= 4 is 22.4 Å². The lowest BCUT2D eigenvalue weighted by atomic mass is 10.1. The number of aryl methyl sites for hydroxylation is 1. The van der Waals surface area contributed by atoms with Crippen LogP contribution < -0.4 is 10.1 Å². The van der Waals surface area contributed by atoms with Crippen LogP contribution in [0, 0.1) is 6.92 Å². The van der Waals surface area contributed by atoms with Gasteiger partial charge in [0.2, 0.25) is 0 Å². The van der Waals surface area contributed by atoms with Crippen molar-refractivity contribution in [1.29, 1.82) is 0 Å². The Morgan fingerprint density at radius 2 is 2.04 bits per heavy atom. The van der Waals surface area contributed by atoms with Gasteiger partial charge in [-0.3, -0.25) is 10.1 Å². The topological polar surface area (TPSA) is 88.6 Å². The van der Waals surface area contributed by atoms with Crippen molar-refractivity contribution in [2.24, 2.45) is 0 Å². The van der Waals surface area contributed by atoms with E-state index in [1.165, 1.54) is 5.56 Å². The molecule has 0 saturated heterocycles. The minimum absolute atomic E-state index is 0.413. The predicted molar refractivity (Wildman–Crippen MR) is 95.9 cm³/mol. The molecule has 0 atom stereocenters. The number of methoxy groups -OCH3 is 1. The molecule has 0 fully saturated rings. The molecule has 0 spiro atoms. The van der Waals surface area contributed by atoms with Gasteiger partial charge in [-0.25, -0.2) is 9.97 Å². The summed E-state index contributed by atoms with van der Waals surface area (Å²) >= 11 is 0. The number of anilines is 2. The van der Waals surface area contributed by atoms with Gasteiger partial charge < -0.3 is 10.1 Å². The second-order valence-corrected chi connectivity index (χ2v) is 5.60. The van der Waals surface area contributed by atoms with Gasteiger partial charge in [-0.1, -0.05) is 12.1 Å². The summed E-state index contributed by atoms with van der Waals surface area (Å²) in [6, 6.07) is 8.05. The van der Waals surface area contributed by atoms with Gasteiger partial charge in [-0.15, -0.1) is 0 Å². The van der Waals surface area contributed by atoms with Gasteiger partial charge in [0.15, 0.2) is 5.82 Å². The Hall–Kier alpha value is -3.48. The Bertz CT molecular complexity index is 1030. The minimum Gasteiger partial charge on any atom is -0.478 e. The highest BCUT2D eigenvalue weighted by Crippen LogP contribution is 2.30. The van der Waals surface area contributed by atoms with E-state index in [9.17, 15) is 0 Å². The van der Waals surface area contributed by atoms with Gasteiger partial charge in [0.25, 0.3) is 5.88 Å². The molecule has 7 heteroatoms. The van der Waals surface area contributed by atoms with E-state index in [1.54, 1.807) is 31.9 Å². The highest BCUT2D eigenvalue weighted by atomic mass is 16.5. The molecule has 4 aromatic rings. The number of benzene rings is 1. The number of rotatable bonds is 4. The third-order valence-electron chi connectivity index (χ3n) is 3.88. The lowest BCUT2D eigenvalue weighted by molar-refractivity contribution is 0.399. The number of nitrogens with zero attached hydrogens (tertiary/aromatic N) is 4. The summed E-state index contributed by atoms with van der Waals surface area (Å²) in [6.45, 7) is 2.05. The molecule has 124 valence electrons. The maximum atomic E-state index is 5.41. The van der Waals surface area contributed by atoms with Crippen LogP contribution in [0.15, 0.2) is 49.1 Å². The largest absolute Gasteiger partial charge is 0.478 e. The summed E-state index contributed by atoms with van der Waals surface area (Å²) in [5.41, 5.74) is 4.52. The van der Waals surface area contributed by atoms with Crippen molar-refractivity contribution in [2.45, 2.75) is 6.92 Å². The first-order valence-corrected chi connectivity index (χ1v) is 7.77. The van der Waals surface area contributed by atoms with E-state index in [0.717, 1.165) is 22.2 Å². The summed E-state index contributed by atoms with van der Waals surface area (Å²) < 4.78 is 5.41. The molecule has 1 aromatic carbocycles. The molecule has 0 aliphatic rings. The monoisotopic (exact) mass is 332 g/mol. The van der Waals surface area contributed by atoms with Crippen molar-refractivity contribution in [2.75, 3.05) is 12.4 Å². The van der Waals surface area contributed by atoms with E-state index in [2.05, 4.69) is 36.5 Å². The van der Waals surface area contributed by atoms with Gasteiger partial charge in [-0.05, 0) is 24.6 Å². The number of aromatic amines is 1. The van der Waals surface area contributed by atoms with Crippen LogP contribution in [0.2, 0.25) is 0 Å². The van der Waals surface area contributed by atoms with Gasteiger partial charge in [0, 0.05) is 23.3 Å². The molecule has 0 bridgehead atoms. The average molecular weight is 332 g/mol. The maximum absolute atomic E-state index is 5.41. The average Bonchev–Trinajstić information content (AvgIpc) is 3.16. The van der Waals surface area contributed by atoms with Crippen LogP contribution in [0.1, 0.15) is 5.56 Å². The number of ether oxygens (including phenoxy) is 1. The molecule has 2 N–H and O–H groups in total. The molecule has 4 rings (SSSR count). The number of fused-ring (bicyclic) bond motifs is 1. The standard InChI is InChI=1S/C18H16N6O/c1-11-3-4-13-14(5-6-19-15(13)7-11)23-17-18(25-2)24-16(10-20-17)12-8-21-22-9-12/h3-10H,1-2H3,(H,21,22)(H,19,20,23). The number of hydrogen-bond donors (Lipinski definition) is 2. The lowest BCUT2D eigenvalue weighted by Gasteiger charge is -2.12. The summed E-state index contributed by atoms with van der Waals surface area (Å²) in [5, 5.41) is 11.0. The highest BCUT2D eigenvalue weighted by molar-refractivity contribution is 5.93. The molecule has 0 unspecified atom stereocenters. The molecule has 0 aliphatic heterocycles. The fraction of sp³-hybridized carbons (Fsp3) is 0.111. The zero-order valence-electron chi connectivity index (χ0n) is 13.8. The molecule has 3 aromatic heterocycles. The van der Waals surface area contributed by atoms with E-state index < -0.39 is 0 Å². The first-order chi connectivity index (χ1) is 12.2. The maximum Gasteiger partial charge on any atom is 0.258 e. The van der Waals surface area contributed by atoms with E-state index in [0.29, 0.717) is 17.4 Å². The quantitative estimate of drug-likeness (QED) is 0.595. The fourth-order valence-electron chi connectivity index (χ4n) is 2.62. The second-order valence-electron chi connectivity index (χ2n) is 5.60. The Labute approximate surface area is 144 Å². The summed E-state index contributed by atoms with van der Waals surface area (Å²) in [4.78, 5) is 13.4. The number of H-pyrrole nitrogens is 1. The zero-order chi connectivity index (χ0) is 17.2. The first kappa shape index (κ1) is 15.1. The second kappa shape index (κ2) is 6.20. The highest BCUT2D eigenvalue weighted by Gasteiger charge is 2.12. The third-order valence-corrected chi connectivity index (χ3v) is 3.88. The Kier molecular flexibility index (Phi) is 3.74.